The van der Waals surface area contributed by atoms with Crippen molar-refractivity contribution in [2.24, 2.45) is 0 Å². The molecule has 0 aromatic heterocycles. The minimum Gasteiger partial charge on any atom is -0.497 e. The summed E-state index contributed by atoms with van der Waals surface area (Å²) in [4.78, 5) is 39.8. The van der Waals surface area contributed by atoms with Crippen LogP contribution in [-0.2, 0) is 9.59 Å². The monoisotopic (exact) mass is 581 g/mol. The number of aryl methyl sites for hydroxylation is 1. The van der Waals surface area contributed by atoms with Gasteiger partial charge in [-0.25, -0.2) is 0 Å². The molecular formula is C33H31N3O5S. The van der Waals surface area contributed by atoms with Crippen molar-refractivity contribution in [3.63, 3.8) is 0 Å². The largest absolute Gasteiger partial charge is 0.497 e. The second-order valence-corrected chi connectivity index (χ2v) is 10.2. The Kier molecular flexibility index (Phi) is 10.4. The van der Waals surface area contributed by atoms with Crippen LogP contribution in [0.15, 0.2) is 108 Å². The maximum Gasteiger partial charge on any atom is 0.272 e. The van der Waals surface area contributed by atoms with E-state index >= 15 is 0 Å². The number of carbonyl (C=O) groups excluding carboxylic acids is 3. The second-order valence-electron chi connectivity index (χ2n) is 9.12. The van der Waals surface area contributed by atoms with Crippen molar-refractivity contribution in [1.29, 1.82) is 0 Å². The number of rotatable bonds is 11. The lowest BCUT2D eigenvalue weighted by atomic mass is 10.1. The summed E-state index contributed by atoms with van der Waals surface area (Å²) >= 11 is 1.31. The van der Waals surface area contributed by atoms with E-state index in [0.29, 0.717) is 28.4 Å². The quantitative estimate of drug-likeness (QED) is 0.145. The van der Waals surface area contributed by atoms with E-state index < -0.39 is 11.8 Å². The number of nitrogens with one attached hydrogen (secondary N) is 3. The van der Waals surface area contributed by atoms with E-state index in [1.165, 1.54) is 18.9 Å². The van der Waals surface area contributed by atoms with E-state index in [2.05, 4.69) is 16.0 Å². The lowest BCUT2D eigenvalue weighted by Gasteiger charge is -2.13. The maximum absolute atomic E-state index is 13.4. The normalized spacial score (nSPS) is 10.9. The van der Waals surface area contributed by atoms with Gasteiger partial charge in [0, 0.05) is 22.2 Å². The molecule has 9 heteroatoms. The Morgan fingerprint density at radius 1 is 0.810 bits per heavy atom. The third-order valence-electron chi connectivity index (χ3n) is 6.16. The minimum absolute atomic E-state index is 0.0998. The molecular weight excluding hydrogens is 550 g/mol. The van der Waals surface area contributed by atoms with Gasteiger partial charge in [0.05, 0.1) is 25.7 Å². The molecule has 0 fully saturated rings. The van der Waals surface area contributed by atoms with E-state index in [9.17, 15) is 14.4 Å². The van der Waals surface area contributed by atoms with E-state index in [4.69, 9.17) is 9.47 Å². The first kappa shape index (κ1) is 30.0. The number of thioether (sulfide) groups is 1. The van der Waals surface area contributed by atoms with E-state index in [0.717, 1.165) is 16.0 Å². The van der Waals surface area contributed by atoms with E-state index in [-0.39, 0.29) is 17.4 Å². The zero-order chi connectivity index (χ0) is 29.9. The molecule has 0 atom stereocenters. The highest BCUT2D eigenvalue weighted by Gasteiger charge is 2.16. The van der Waals surface area contributed by atoms with Crippen LogP contribution < -0.4 is 25.4 Å². The fourth-order valence-electron chi connectivity index (χ4n) is 3.96. The zero-order valence-corrected chi connectivity index (χ0v) is 24.3. The first-order valence-corrected chi connectivity index (χ1v) is 14.0. The van der Waals surface area contributed by atoms with Crippen LogP contribution in [0, 0.1) is 6.92 Å². The summed E-state index contributed by atoms with van der Waals surface area (Å²) in [6.45, 7) is 1.93. The van der Waals surface area contributed by atoms with Gasteiger partial charge in [-0.1, -0.05) is 48.5 Å². The first-order chi connectivity index (χ1) is 20.4. The van der Waals surface area contributed by atoms with Crippen LogP contribution in [0.2, 0.25) is 0 Å². The van der Waals surface area contributed by atoms with E-state index in [1.54, 1.807) is 73.8 Å². The highest BCUT2D eigenvalue weighted by atomic mass is 32.2. The Labute approximate surface area is 249 Å². The van der Waals surface area contributed by atoms with Gasteiger partial charge in [-0.2, -0.15) is 0 Å². The average Bonchev–Trinajstić information content (AvgIpc) is 3.01. The molecule has 8 nitrogen and oxygen atoms in total. The fraction of sp³-hybridized carbons (Fsp3) is 0.121. The van der Waals surface area contributed by atoms with Gasteiger partial charge >= 0.3 is 0 Å². The summed E-state index contributed by atoms with van der Waals surface area (Å²) < 4.78 is 10.6. The summed E-state index contributed by atoms with van der Waals surface area (Å²) in [7, 11) is 3.08. The molecule has 0 aliphatic heterocycles. The van der Waals surface area contributed by atoms with Crippen molar-refractivity contribution < 1.29 is 23.9 Å². The molecule has 0 radical (unpaired) electrons. The Morgan fingerprint density at radius 2 is 1.57 bits per heavy atom. The number of ether oxygens (including phenoxy) is 2. The van der Waals surface area contributed by atoms with Gasteiger partial charge in [0.15, 0.2) is 0 Å². The van der Waals surface area contributed by atoms with Crippen molar-refractivity contribution in [2.45, 2.75) is 11.8 Å². The van der Waals surface area contributed by atoms with Gasteiger partial charge in [0.1, 0.15) is 17.2 Å². The highest BCUT2D eigenvalue weighted by Crippen LogP contribution is 2.29. The fourth-order valence-corrected chi connectivity index (χ4v) is 4.71. The van der Waals surface area contributed by atoms with Crippen molar-refractivity contribution >= 4 is 46.9 Å². The summed E-state index contributed by atoms with van der Waals surface area (Å²) in [5, 5.41) is 8.47. The summed E-state index contributed by atoms with van der Waals surface area (Å²) in [5.41, 5.74) is 3.32. The maximum atomic E-state index is 13.4. The van der Waals surface area contributed by atoms with Crippen molar-refractivity contribution in [1.82, 2.24) is 5.32 Å². The molecule has 4 aromatic carbocycles. The summed E-state index contributed by atoms with van der Waals surface area (Å²) in [6, 6.07) is 28.6. The molecule has 3 amide bonds. The van der Waals surface area contributed by atoms with Gasteiger partial charge in [-0.15, -0.1) is 11.8 Å². The number of anilines is 2. The minimum atomic E-state index is -0.479. The summed E-state index contributed by atoms with van der Waals surface area (Å²) in [5.74, 6) is 0.142. The van der Waals surface area contributed by atoms with Crippen molar-refractivity contribution in [3.05, 3.63) is 119 Å². The van der Waals surface area contributed by atoms with E-state index in [1.807, 2.05) is 43.3 Å². The molecule has 0 saturated carbocycles. The molecule has 0 bridgehead atoms. The molecule has 0 unspecified atom stereocenters. The van der Waals surface area contributed by atoms with Crippen LogP contribution in [0.25, 0.3) is 6.08 Å². The predicted octanol–water partition coefficient (Wildman–Crippen LogP) is 6.15. The standard InChI is InChI=1S/C33H31N3O5S/c1-22-10-7-8-13-24(22)18-29(36-32(38)23-11-5-4-6-12-23)33(39)34-25-14-9-15-27(19-25)42-21-31(37)35-28-20-26(40-2)16-17-30(28)41-3/h4-20H,21H2,1-3H3,(H,34,39)(H,35,37)(H,36,38)/b29-18-. The number of benzene rings is 4. The molecule has 0 aliphatic carbocycles. The molecule has 0 spiro atoms. The highest BCUT2D eigenvalue weighted by molar-refractivity contribution is 8.00. The Balaban J connectivity index is 1.45. The summed E-state index contributed by atoms with van der Waals surface area (Å²) in [6.07, 6.45) is 1.65. The third-order valence-corrected chi connectivity index (χ3v) is 7.15. The van der Waals surface area contributed by atoms with Gasteiger partial charge < -0.3 is 25.4 Å². The SMILES string of the molecule is COc1ccc(OC)c(NC(=O)CSc2cccc(NC(=O)/C(=C/c3ccccc3C)NC(=O)c3ccccc3)c2)c1. The predicted molar refractivity (Wildman–Crippen MR) is 167 cm³/mol. The average molecular weight is 582 g/mol. The Bertz CT molecular complexity index is 1600. The molecule has 42 heavy (non-hydrogen) atoms. The third kappa shape index (κ3) is 8.25. The number of methoxy groups -OCH3 is 2. The first-order valence-electron chi connectivity index (χ1n) is 13.1. The molecule has 4 aromatic rings. The topological polar surface area (TPSA) is 106 Å². The van der Waals surface area contributed by atoms with Crippen molar-refractivity contribution in [2.75, 3.05) is 30.6 Å². The van der Waals surface area contributed by atoms with Crippen LogP contribution in [0.4, 0.5) is 11.4 Å². The number of amides is 3. The molecule has 214 valence electrons. The number of carbonyl (C=O) groups is 3. The van der Waals surface area contributed by atoms with Gasteiger partial charge in [0.2, 0.25) is 5.91 Å². The lowest BCUT2D eigenvalue weighted by molar-refractivity contribution is -0.114. The van der Waals surface area contributed by atoms with Crippen LogP contribution in [0.3, 0.4) is 0 Å². The second kappa shape index (κ2) is 14.6. The Morgan fingerprint density at radius 3 is 2.31 bits per heavy atom. The molecule has 0 heterocycles. The molecule has 0 saturated heterocycles. The van der Waals surface area contributed by atoms with Crippen LogP contribution in [0.5, 0.6) is 11.5 Å². The van der Waals surface area contributed by atoms with Gasteiger partial charge in [-0.05, 0) is 66.6 Å². The van der Waals surface area contributed by atoms with Crippen LogP contribution in [-0.4, -0.2) is 37.7 Å². The number of hydrogen-bond acceptors (Lipinski definition) is 6. The molecule has 3 N–H and O–H groups in total. The molecule has 4 rings (SSSR count). The lowest BCUT2D eigenvalue weighted by Crippen LogP contribution is -2.30. The zero-order valence-electron chi connectivity index (χ0n) is 23.5. The van der Waals surface area contributed by atoms with Crippen molar-refractivity contribution in [3.8, 4) is 11.5 Å². The number of hydrogen-bond donors (Lipinski definition) is 3. The van der Waals surface area contributed by atoms with Gasteiger partial charge in [-0.3, -0.25) is 14.4 Å². The van der Waals surface area contributed by atoms with Gasteiger partial charge in [0.25, 0.3) is 11.8 Å². The Hall–Kier alpha value is -5.02. The smallest absolute Gasteiger partial charge is 0.272 e. The van der Waals surface area contributed by atoms with Crippen LogP contribution >= 0.6 is 11.8 Å². The molecule has 0 aliphatic rings. The van der Waals surface area contributed by atoms with Crippen LogP contribution in [0.1, 0.15) is 21.5 Å².